The third kappa shape index (κ3) is 5.79. The van der Waals surface area contributed by atoms with E-state index in [9.17, 15) is 9.59 Å². The molecule has 22 heavy (non-hydrogen) atoms. The summed E-state index contributed by atoms with van der Waals surface area (Å²) in [6, 6.07) is 1.24. The summed E-state index contributed by atoms with van der Waals surface area (Å²) in [5.74, 6) is 1.28. The van der Waals surface area contributed by atoms with Crippen LogP contribution in [0.25, 0.3) is 0 Å². The molecule has 0 aliphatic heterocycles. The average molecular weight is 309 g/mol. The molecule has 0 unspecified atom stereocenters. The first-order valence-corrected chi connectivity index (χ1v) is 7.89. The van der Waals surface area contributed by atoms with E-state index in [0.29, 0.717) is 29.5 Å². The van der Waals surface area contributed by atoms with Crippen LogP contribution in [0.4, 0.5) is 4.79 Å². The molecule has 6 nitrogen and oxygen atoms in total. The van der Waals surface area contributed by atoms with Crippen LogP contribution in [0.2, 0.25) is 0 Å². The summed E-state index contributed by atoms with van der Waals surface area (Å²) in [5, 5.41) is 2.78. The number of rotatable bonds is 7. The Morgan fingerprint density at radius 3 is 2.50 bits per heavy atom. The van der Waals surface area contributed by atoms with Crippen molar-refractivity contribution in [2.24, 2.45) is 5.92 Å². The van der Waals surface area contributed by atoms with Crippen molar-refractivity contribution in [1.29, 1.82) is 0 Å². The van der Waals surface area contributed by atoms with Gasteiger partial charge in [-0.1, -0.05) is 33.1 Å². The van der Waals surface area contributed by atoms with Gasteiger partial charge < -0.3 is 9.73 Å². The van der Waals surface area contributed by atoms with Crippen molar-refractivity contribution in [3.8, 4) is 0 Å². The maximum atomic E-state index is 11.9. The van der Waals surface area contributed by atoms with Crippen LogP contribution >= 0.6 is 0 Å². The first-order valence-electron chi connectivity index (χ1n) is 7.89. The van der Waals surface area contributed by atoms with E-state index in [4.69, 9.17) is 4.42 Å². The first kappa shape index (κ1) is 18.1. The minimum absolute atomic E-state index is 0.387. The molecule has 1 rings (SSSR count). The zero-order chi connectivity index (χ0) is 16.5. The number of unbranched alkanes of at least 4 members (excludes halogenated alkanes) is 1. The van der Waals surface area contributed by atoms with Crippen molar-refractivity contribution < 1.29 is 14.0 Å². The van der Waals surface area contributed by atoms with Crippen molar-refractivity contribution in [3.63, 3.8) is 0 Å². The van der Waals surface area contributed by atoms with Gasteiger partial charge in [-0.25, -0.2) is 10.2 Å². The summed E-state index contributed by atoms with van der Waals surface area (Å²) >= 11 is 0. The molecule has 1 atom stereocenters. The maximum absolute atomic E-state index is 11.9. The van der Waals surface area contributed by atoms with Gasteiger partial charge in [0.05, 0.1) is 5.56 Å². The second-order valence-corrected chi connectivity index (χ2v) is 5.53. The Morgan fingerprint density at radius 1 is 1.23 bits per heavy atom. The predicted octanol–water partition coefficient (Wildman–Crippen LogP) is 3.06. The van der Waals surface area contributed by atoms with Crippen LogP contribution in [0.15, 0.2) is 10.5 Å². The Morgan fingerprint density at radius 2 is 1.95 bits per heavy atom. The molecule has 0 bridgehead atoms. The molecule has 0 aromatic carbocycles. The maximum Gasteiger partial charge on any atom is 0.333 e. The number of carbonyl (C=O) groups is 2. The SMILES string of the molecule is CCCC[C@H](CC)CNC(=O)NNC(=O)c1cc(C)oc1C. The molecule has 6 heteroatoms. The lowest BCUT2D eigenvalue weighted by Gasteiger charge is -2.15. The summed E-state index contributed by atoms with van der Waals surface area (Å²) in [4.78, 5) is 23.6. The molecule has 0 aliphatic carbocycles. The molecular formula is C16H27N3O3. The standard InChI is InChI=1S/C16H27N3O3/c1-5-7-8-13(6-2)10-17-16(21)19-18-15(20)14-9-11(3)22-12(14)4/h9,13H,5-8,10H2,1-4H3,(H,18,20)(H2,17,19,21)/t13-/m0/s1. The topological polar surface area (TPSA) is 83.4 Å². The van der Waals surface area contributed by atoms with E-state index in [1.807, 2.05) is 0 Å². The number of nitrogens with one attached hydrogen (secondary N) is 3. The molecule has 3 amide bonds. The Balaban J connectivity index is 2.33. The lowest BCUT2D eigenvalue weighted by molar-refractivity contribution is 0.0934. The summed E-state index contributed by atoms with van der Waals surface area (Å²) in [6.07, 6.45) is 4.45. The Hall–Kier alpha value is -1.98. The van der Waals surface area contributed by atoms with Gasteiger partial charge in [0.15, 0.2) is 0 Å². The van der Waals surface area contributed by atoms with E-state index in [1.165, 1.54) is 0 Å². The molecule has 124 valence electrons. The smallest absolute Gasteiger partial charge is 0.333 e. The van der Waals surface area contributed by atoms with Crippen LogP contribution in [0.5, 0.6) is 0 Å². The highest BCUT2D eigenvalue weighted by atomic mass is 16.3. The normalized spacial score (nSPS) is 11.8. The number of hydrazine groups is 1. The lowest BCUT2D eigenvalue weighted by Crippen LogP contribution is -2.48. The second kappa shape index (κ2) is 9.12. The van der Waals surface area contributed by atoms with Crippen molar-refractivity contribution in [2.75, 3.05) is 6.54 Å². The van der Waals surface area contributed by atoms with Crippen LogP contribution in [0.3, 0.4) is 0 Å². The largest absolute Gasteiger partial charge is 0.466 e. The quantitative estimate of drug-likeness (QED) is 0.677. The van der Waals surface area contributed by atoms with E-state index >= 15 is 0 Å². The molecular weight excluding hydrogens is 282 g/mol. The van der Waals surface area contributed by atoms with Crippen LogP contribution in [-0.2, 0) is 0 Å². The van der Waals surface area contributed by atoms with E-state index in [2.05, 4.69) is 30.0 Å². The molecule has 0 radical (unpaired) electrons. The molecule has 1 aromatic rings. The summed E-state index contributed by atoms with van der Waals surface area (Å²) in [7, 11) is 0. The van der Waals surface area contributed by atoms with Crippen molar-refractivity contribution in [3.05, 3.63) is 23.2 Å². The number of aryl methyl sites for hydroxylation is 2. The van der Waals surface area contributed by atoms with Crippen LogP contribution in [0, 0.1) is 19.8 Å². The minimum atomic E-state index is -0.402. The van der Waals surface area contributed by atoms with Gasteiger partial charge in [-0.3, -0.25) is 10.2 Å². The van der Waals surface area contributed by atoms with Gasteiger partial charge in [-0.05, 0) is 32.3 Å². The van der Waals surface area contributed by atoms with Crippen LogP contribution < -0.4 is 16.2 Å². The third-order valence-corrected chi connectivity index (χ3v) is 3.67. The Bertz CT molecular complexity index is 497. The van der Waals surface area contributed by atoms with E-state index < -0.39 is 6.03 Å². The second-order valence-electron chi connectivity index (χ2n) is 5.53. The highest BCUT2D eigenvalue weighted by molar-refractivity contribution is 5.96. The average Bonchev–Trinajstić information content (AvgIpc) is 2.83. The monoisotopic (exact) mass is 309 g/mol. The first-order chi connectivity index (χ1) is 10.5. The van der Waals surface area contributed by atoms with Crippen molar-refractivity contribution in [1.82, 2.24) is 16.2 Å². The Labute approximate surface area is 132 Å². The zero-order valence-electron chi connectivity index (χ0n) is 13.9. The van der Waals surface area contributed by atoms with E-state index in [-0.39, 0.29) is 5.91 Å². The molecule has 0 saturated carbocycles. The highest BCUT2D eigenvalue weighted by Gasteiger charge is 2.14. The number of amides is 3. The molecule has 0 fully saturated rings. The lowest BCUT2D eigenvalue weighted by atomic mass is 9.99. The van der Waals surface area contributed by atoms with Gasteiger partial charge in [-0.2, -0.15) is 0 Å². The molecule has 0 aliphatic rings. The number of hydrogen-bond acceptors (Lipinski definition) is 3. The van der Waals surface area contributed by atoms with Gasteiger partial charge in [-0.15, -0.1) is 0 Å². The van der Waals surface area contributed by atoms with E-state index in [0.717, 1.165) is 25.7 Å². The summed E-state index contributed by atoms with van der Waals surface area (Å²) < 4.78 is 5.28. The van der Waals surface area contributed by atoms with E-state index in [1.54, 1.807) is 19.9 Å². The van der Waals surface area contributed by atoms with Gasteiger partial charge in [0, 0.05) is 6.54 Å². The summed E-state index contributed by atoms with van der Waals surface area (Å²) in [5.41, 5.74) is 5.16. The van der Waals surface area contributed by atoms with Crippen molar-refractivity contribution in [2.45, 2.75) is 53.4 Å². The van der Waals surface area contributed by atoms with Crippen LogP contribution in [-0.4, -0.2) is 18.5 Å². The molecule has 0 saturated heterocycles. The molecule has 3 N–H and O–H groups in total. The highest BCUT2D eigenvalue weighted by Crippen LogP contribution is 2.13. The summed E-state index contributed by atoms with van der Waals surface area (Å²) in [6.45, 7) is 8.36. The van der Waals surface area contributed by atoms with Gasteiger partial charge in [0.1, 0.15) is 11.5 Å². The minimum Gasteiger partial charge on any atom is -0.466 e. The number of hydrogen-bond donors (Lipinski definition) is 3. The molecule has 0 spiro atoms. The number of urea groups is 1. The van der Waals surface area contributed by atoms with Gasteiger partial charge >= 0.3 is 6.03 Å². The van der Waals surface area contributed by atoms with Crippen LogP contribution in [0.1, 0.15) is 61.4 Å². The van der Waals surface area contributed by atoms with Gasteiger partial charge in [0.25, 0.3) is 5.91 Å². The predicted molar refractivity (Wildman–Crippen MR) is 85.5 cm³/mol. The Kier molecular flexibility index (Phi) is 7.49. The van der Waals surface area contributed by atoms with Gasteiger partial charge in [0.2, 0.25) is 0 Å². The zero-order valence-corrected chi connectivity index (χ0v) is 13.9. The van der Waals surface area contributed by atoms with Crippen molar-refractivity contribution >= 4 is 11.9 Å². The number of carbonyl (C=O) groups excluding carboxylic acids is 2. The molecule has 1 heterocycles. The fourth-order valence-electron chi connectivity index (χ4n) is 2.26. The molecule has 1 aromatic heterocycles. The fraction of sp³-hybridized carbons (Fsp3) is 0.625. The third-order valence-electron chi connectivity index (χ3n) is 3.67. The number of furan rings is 1. The fourth-order valence-corrected chi connectivity index (χ4v) is 2.26.